The van der Waals surface area contributed by atoms with Crippen molar-refractivity contribution in [1.29, 1.82) is 0 Å². The molecule has 186 valence electrons. The van der Waals surface area contributed by atoms with Crippen molar-refractivity contribution in [2.24, 2.45) is 5.16 Å². The summed E-state index contributed by atoms with van der Waals surface area (Å²) in [5.74, 6) is -0.758. The second-order valence-electron chi connectivity index (χ2n) is 6.34. The van der Waals surface area contributed by atoms with E-state index in [0.717, 1.165) is 29.5 Å². The van der Waals surface area contributed by atoms with Crippen LogP contribution in [0.3, 0.4) is 0 Å². The Hall–Kier alpha value is -3.80. The number of nitrogens with one attached hydrogen (secondary N) is 1. The van der Waals surface area contributed by atoms with Gasteiger partial charge in [-0.05, 0) is 24.3 Å². The van der Waals surface area contributed by atoms with Gasteiger partial charge in [0.25, 0.3) is 0 Å². The Kier molecular flexibility index (Phi) is 9.88. The molecule has 3 aromatic rings. The monoisotopic (exact) mass is 511 g/mol. The maximum Gasteiger partial charge on any atom is 0.416 e. The smallest absolute Gasteiger partial charge is 0.416 e. The molecule has 0 aliphatic rings. The molecule has 0 saturated heterocycles. The van der Waals surface area contributed by atoms with E-state index in [9.17, 15) is 27.2 Å². The van der Waals surface area contributed by atoms with E-state index >= 15 is 0 Å². The zero-order valence-corrected chi connectivity index (χ0v) is 19.7. The van der Waals surface area contributed by atoms with Crippen LogP contribution in [0, 0.1) is 5.82 Å². The molecule has 0 spiro atoms. The topological polar surface area (TPSA) is 89.9 Å². The average Bonchev–Trinajstić information content (AvgIpc) is 3.27. The standard InChI is InChI=1S/C21H15F4N3O4S.C2H6/c1-31-28-19(26-11-30)15-7-6-14(8-16(15)22)32-10-18-17(9-29)27-20(33-18)12-2-4-13(5-3-12)21(23,24)25;1-2/h2-9,11H,10H2,1H3,(H,26,28,30);1-2H3. The third-order valence-corrected chi connectivity index (χ3v) is 5.34. The summed E-state index contributed by atoms with van der Waals surface area (Å²) in [6, 6.07) is 8.19. The lowest BCUT2D eigenvalue weighted by Crippen LogP contribution is -2.24. The number of aromatic nitrogens is 1. The van der Waals surface area contributed by atoms with Crippen LogP contribution in [0.1, 0.15) is 40.3 Å². The number of nitrogens with zero attached hydrogens (tertiary/aromatic N) is 2. The van der Waals surface area contributed by atoms with Crippen molar-refractivity contribution in [2.45, 2.75) is 26.6 Å². The van der Waals surface area contributed by atoms with E-state index < -0.39 is 17.6 Å². The number of ether oxygens (including phenoxy) is 1. The van der Waals surface area contributed by atoms with Crippen molar-refractivity contribution in [2.75, 3.05) is 7.11 Å². The highest BCUT2D eigenvalue weighted by atomic mass is 32.1. The third kappa shape index (κ3) is 7.09. The molecule has 35 heavy (non-hydrogen) atoms. The van der Waals surface area contributed by atoms with Gasteiger partial charge in [-0.1, -0.05) is 31.1 Å². The first-order valence-electron chi connectivity index (χ1n) is 10.1. The first-order chi connectivity index (χ1) is 16.8. The number of oxime groups is 1. The highest BCUT2D eigenvalue weighted by molar-refractivity contribution is 7.15. The number of amidine groups is 1. The van der Waals surface area contributed by atoms with Crippen molar-refractivity contribution < 1.29 is 36.7 Å². The fourth-order valence-electron chi connectivity index (χ4n) is 2.71. The Morgan fingerprint density at radius 1 is 1.14 bits per heavy atom. The number of hydrogen-bond acceptors (Lipinski definition) is 7. The number of alkyl halides is 3. The molecule has 0 fully saturated rings. The fraction of sp³-hybridized carbons (Fsp3) is 0.217. The molecule has 0 bridgehead atoms. The molecule has 0 atom stereocenters. The zero-order valence-electron chi connectivity index (χ0n) is 18.9. The lowest BCUT2D eigenvalue weighted by molar-refractivity contribution is -0.137. The van der Waals surface area contributed by atoms with Gasteiger partial charge < -0.3 is 14.9 Å². The summed E-state index contributed by atoms with van der Waals surface area (Å²) in [7, 11) is 1.24. The molecule has 1 amide bonds. The van der Waals surface area contributed by atoms with E-state index in [1.54, 1.807) is 0 Å². The van der Waals surface area contributed by atoms with Crippen molar-refractivity contribution in [3.05, 3.63) is 70.0 Å². The van der Waals surface area contributed by atoms with E-state index in [1.807, 2.05) is 13.8 Å². The first-order valence-corrected chi connectivity index (χ1v) is 10.9. The van der Waals surface area contributed by atoms with Crippen molar-refractivity contribution in [1.82, 2.24) is 10.3 Å². The van der Waals surface area contributed by atoms with Gasteiger partial charge in [-0.3, -0.25) is 9.59 Å². The number of carbonyl (C=O) groups is 2. The molecule has 7 nitrogen and oxygen atoms in total. The summed E-state index contributed by atoms with van der Waals surface area (Å²) in [5, 5.41) is 6.08. The van der Waals surface area contributed by atoms with Gasteiger partial charge in [0, 0.05) is 11.6 Å². The summed E-state index contributed by atoms with van der Waals surface area (Å²) in [6.45, 7) is 3.87. The van der Waals surface area contributed by atoms with E-state index in [4.69, 9.17) is 4.74 Å². The van der Waals surface area contributed by atoms with E-state index in [0.29, 0.717) is 28.1 Å². The molecule has 1 N–H and O–H groups in total. The maximum absolute atomic E-state index is 14.4. The largest absolute Gasteiger partial charge is 0.488 e. The number of amides is 1. The van der Waals surface area contributed by atoms with Gasteiger partial charge in [-0.2, -0.15) is 13.2 Å². The molecule has 1 aromatic heterocycles. The van der Waals surface area contributed by atoms with Crippen LogP contribution in [0.2, 0.25) is 0 Å². The summed E-state index contributed by atoms with van der Waals surface area (Å²) < 4.78 is 58.2. The normalized spacial score (nSPS) is 11.2. The Morgan fingerprint density at radius 2 is 1.83 bits per heavy atom. The van der Waals surface area contributed by atoms with E-state index in [2.05, 4.69) is 20.3 Å². The summed E-state index contributed by atoms with van der Waals surface area (Å²) >= 11 is 1.07. The Morgan fingerprint density at radius 3 is 2.37 bits per heavy atom. The molecular formula is C23H21F4N3O4S. The lowest BCUT2D eigenvalue weighted by atomic mass is 10.1. The molecule has 3 rings (SSSR count). The van der Waals surface area contributed by atoms with Gasteiger partial charge in [-0.25, -0.2) is 9.37 Å². The molecule has 2 aromatic carbocycles. The minimum Gasteiger partial charge on any atom is -0.488 e. The van der Waals surface area contributed by atoms with Gasteiger partial charge in [-0.15, -0.1) is 11.3 Å². The van der Waals surface area contributed by atoms with Crippen LogP contribution in [-0.4, -0.2) is 30.6 Å². The van der Waals surface area contributed by atoms with Crippen LogP contribution in [0.5, 0.6) is 5.75 Å². The number of carbonyl (C=O) groups excluding carboxylic acids is 2. The average molecular weight is 511 g/mol. The summed E-state index contributed by atoms with van der Waals surface area (Å²) in [6.07, 6.45) is -3.63. The molecule has 0 unspecified atom stereocenters. The molecule has 0 aliphatic heterocycles. The van der Waals surface area contributed by atoms with Gasteiger partial charge in [0.2, 0.25) is 6.41 Å². The van der Waals surface area contributed by atoms with Crippen LogP contribution in [0.15, 0.2) is 47.6 Å². The highest BCUT2D eigenvalue weighted by Crippen LogP contribution is 2.33. The Labute approximate surface area is 202 Å². The molecule has 0 saturated carbocycles. The molecule has 1 heterocycles. The summed E-state index contributed by atoms with van der Waals surface area (Å²) in [5.41, 5.74) is -0.358. The van der Waals surface area contributed by atoms with Crippen molar-refractivity contribution in [3.8, 4) is 16.3 Å². The molecule has 0 radical (unpaired) electrons. The van der Waals surface area contributed by atoms with Gasteiger partial charge in [0.15, 0.2) is 12.1 Å². The number of aldehydes is 1. The second-order valence-corrected chi connectivity index (χ2v) is 7.42. The number of thiazole rings is 1. The number of benzene rings is 2. The van der Waals surface area contributed by atoms with Crippen LogP contribution >= 0.6 is 11.3 Å². The SMILES string of the molecule is CC.CO/N=C(\NC=O)c1ccc(OCc2sc(-c3ccc(C(F)(F)F)cc3)nc2C=O)cc1F. The highest BCUT2D eigenvalue weighted by Gasteiger charge is 2.30. The number of rotatable bonds is 8. The summed E-state index contributed by atoms with van der Waals surface area (Å²) in [4.78, 5) is 31.2. The molecule has 12 heteroatoms. The number of hydrogen-bond donors (Lipinski definition) is 1. The Bertz CT molecular complexity index is 1180. The van der Waals surface area contributed by atoms with Gasteiger partial charge in [0.05, 0.1) is 16.0 Å². The second kappa shape index (κ2) is 12.6. The maximum atomic E-state index is 14.4. The predicted octanol–water partition coefficient (Wildman–Crippen LogP) is 5.44. The van der Waals surface area contributed by atoms with E-state index in [-0.39, 0.29) is 29.4 Å². The minimum atomic E-state index is -4.46. The van der Waals surface area contributed by atoms with E-state index in [1.165, 1.54) is 31.4 Å². The lowest BCUT2D eigenvalue weighted by Gasteiger charge is -2.09. The number of halogens is 4. The van der Waals surface area contributed by atoms with Crippen LogP contribution < -0.4 is 10.1 Å². The van der Waals surface area contributed by atoms with Crippen LogP contribution in [0.25, 0.3) is 10.6 Å². The van der Waals surface area contributed by atoms with Crippen LogP contribution in [-0.2, 0) is 22.4 Å². The Balaban J connectivity index is 0.00000210. The van der Waals surface area contributed by atoms with Gasteiger partial charge >= 0.3 is 6.18 Å². The van der Waals surface area contributed by atoms with Crippen molar-refractivity contribution in [3.63, 3.8) is 0 Å². The zero-order chi connectivity index (χ0) is 26.0. The quantitative estimate of drug-likeness (QED) is 0.143. The fourth-order valence-corrected chi connectivity index (χ4v) is 3.66. The minimum absolute atomic E-state index is 0.0349. The van der Waals surface area contributed by atoms with Gasteiger partial charge in [0.1, 0.15) is 36.0 Å². The first kappa shape index (κ1) is 27.4. The van der Waals surface area contributed by atoms with Crippen LogP contribution in [0.4, 0.5) is 17.6 Å². The molecular weight excluding hydrogens is 490 g/mol. The van der Waals surface area contributed by atoms with Crippen molar-refractivity contribution >= 4 is 29.9 Å². The third-order valence-electron chi connectivity index (χ3n) is 4.24. The predicted molar refractivity (Wildman–Crippen MR) is 123 cm³/mol. The molecule has 0 aliphatic carbocycles.